The summed E-state index contributed by atoms with van der Waals surface area (Å²) in [5, 5.41) is 8.41. The van der Waals surface area contributed by atoms with Crippen molar-refractivity contribution in [1.82, 2.24) is 0 Å². The van der Waals surface area contributed by atoms with Crippen molar-refractivity contribution in [2.24, 2.45) is 0 Å². The van der Waals surface area contributed by atoms with Crippen molar-refractivity contribution >= 4 is 0 Å². The third-order valence-electron chi connectivity index (χ3n) is 3.43. The van der Waals surface area contributed by atoms with Gasteiger partial charge in [0.05, 0.1) is 52.4 Å². The van der Waals surface area contributed by atoms with Gasteiger partial charge in [0.1, 0.15) is 18.3 Å². The molecule has 7 nitrogen and oxygen atoms in total. The second-order valence-corrected chi connectivity index (χ2v) is 6.05. The van der Waals surface area contributed by atoms with Crippen LogP contribution in [0.5, 0.6) is 0 Å². The normalized spacial score (nSPS) is 28.7. The number of unbranched alkanes of at least 4 members (excludes halogenated alkanes) is 1. The maximum absolute atomic E-state index is 8.41. The number of aliphatic hydroxyl groups is 1. The van der Waals surface area contributed by atoms with Gasteiger partial charge in [0, 0.05) is 13.2 Å². The van der Waals surface area contributed by atoms with Crippen LogP contribution in [0.4, 0.5) is 0 Å². The van der Waals surface area contributed by atoms with Gasteiger partial charge in [-0.2, -0.15) is 0 Å². The molecule has 0 aliphatic carbocycles. The Morgan fingerprint density at radius 3 is 2.04 bits per heavy atom. The Kier molecular flexibility index (Phi) is 9.36. The van der Waals surface area contributed by atoms with Crippen molar-refractivity contribution in [3.63, 3.8) is 0 Å². The van der Waals surface area contributed by atoms with E-state index in [1.165, 1.54) is 0 Å². The van der Waals surface area contributed by atoms with E-state index < -0.39 is 0 Å². The molecule has 3 saturated heterocycles. The van der Waals surface area contributed by atoms with Crippen molar-refractivity contribution in [2.75, 3.05) is 59.5 Å². The fraction of sp³-hybridized carbons (Fsp3) is 1.00. The Hall–Kier alpha value is -0.280. The zero-order valence-electron chi connectivity index (χ0n) is 14.0. The molecule has 0 aromatic rings. The molecule has 1 N–H and O–H groups in total. The SMILES string of the molecule is CC(COCC1CO1)OCC1CO1.OCCCCOCC1CO1. The quantitative estimate of drug-likeness (QED) is 0.385. The molecule has 3 heterocycles. The van der Waals surface area contributed by atoms with E-state index in [0.717, 1.165) is 45.9 Å². The summed E-state index contributed by atoms with van der Waals surface area (Å²) in [6, 6.07) is 0. The van der Waals surface area contributed by atoms with Gasteiger partial charge in [-0.05, 0) is 19.8 Å². The zero-order chi connectivity index (χ0) is 16.3. The van der Waals surface area contributed by atoms with Crippen LogP contribution in [-0.4, -0.2) is 89.0 Å². The minimum absolute atomic E-state index is 0.156. The van der Waals surface area contributed by atoms with E-state index in [9.17, 15) is 0 Å². The Balaban J connectivity index is 0.000000174. The minimum atomic E-state index is 0.156. The number of hydrogen-bond acceptors (Lipinski definition) is 7. The van der Waals surface area contributed by atoms with Crippen molar-refractivity contribution in [3.8, 4) is 0 Å². The van der Waals surface area contributed by atoms with Gasteiger partial charge >= 0.3 is 0 Å². The molecule has 136 valence electrons. The van der Waals surface area contributed by atoms with Crippen LogP contribution in [0.3, 0.4) is 0 Å². The third-order valence-corrected chi connectivity index (χ3v) is 3.43. The van der Waals surface area contributed by atoms with Gasteiger partial charge in [-0.25, -0.2) is 0 Å². The van der Waals surface area contributed by atoms with Gasteiger partial charge in [0.15, 0.2) is 0 Å². The second-order valence-electron chi connectivity index (χ2n) is 6.05. The van der Waals surface area contributed by atoms with Crippen molar-refractivity contribution in [3.05, 3.63) is 0 Å². The molecule has 3 fully saturated rings. The summed E-state index contributed by atoms with van der Waals surface area (Å²) >= 11 is 0. The lowest BCUT2D eigenvalue weighted by atomic mass is 10.3. The molecule has 3 aliphatic rings. The molecule has 0 saturated carbocycles. The average Bonchev–Trinajstić information content (AvgIpc) is 3.38. The summed E-state index contributed by atoms with van der Waals surface area (Å²) in [6.07, 6.45) is 3.00. The highest BCUT2D eigenvalue weighted by molar-refractivity contribution is 4.69. The molecule has 4 unspecified atom stereocenters. The molecular formula is C16H30O7. The highest BCUT2D eigenvalue weighted by atomic mass is 16.6. The Bertz CT molecular complexity index is 290. The average molecular weight is 334 g/mol. The summed E-state index contributed by atoms with van der Waals surface area (Å²) in [7, 11) is 0. The third kappa shape index (κ3) is 11.8. The molecular weight excluding hydrogens is 304 g/mol. The summed E-state index contributed by atoms with van der Waals surface area (Å²) in [6.45, 7) is 8.37. The monoisotopic (exact) mass is 334 g/mol. The number of ether oxygens (including phenoxy) is 6. The van der Waals surface area contributed by atoms with Crippen LogP contribution in [0.25, 0.3) is 0 Å². The summed E-state index contributed by atoms with van der Waals surface area (Å²) in [5.74, 6) is 0. The first kappa shape index (κ1) is 19.1. The van der Waals surface area contributed by atoms with Crippen molar-refractivity contribution in [2.45, 2.75) is 44.2 Å². The van der Waals surface area contributed by atoms with Gasteiger partial charge in [0.2, 0.25) is 0 Å². The lowest BCUT2D eigenvalue weighted by molar-refractivity contribution is -0.0146. The Morgan fingerprint density at radius 2 is 1.48 bits per heavy atom. The first-order chi connectivity index (χ1) is 11.3. The van der Waals surface area contributed by atoms with E-state index in [1.807, 2.05) is 6.92 Å². The van der Waals surface area contributed by atoms with Crippen LogP contribution >= 0.6 is 0 Å². The van der Waals surface area contributed by atoms with Gasteiger partial charge in [0.25, 0.3) is 0 Å². The first-order valence-electron chi connectivity index (χ1n) is 8.50. The molecule has 4 atom stereocenters. The van der Waals surface area contributed by atoms with Crippen LogP contribution in [0.15, 0.2) is 0 Å². The second kappa shape index (κ2) is 11.3. The predicted octanol–water partition coefficient (Wildman–Crippen LogP) is 0.380. The van der Waals surface area contributed by atoms with Crippen molar-refractivity contribution in [1.29, 1.82) is 0 Å². The number of aliphatic hydroxyl groups excluding tert-OH is 1. The molecule has 0 aromatic heterocycles. The Labute approximate surface area is 138 Å². The topological polar surface area (TPSA) is 85.5 Å². The fourth-order valence-electron chi connectivity index (χ4n) is 1.71. The molecule has 3 rings (SSSR count). The van der Waals surface area contributed by atoms with Crippen LogP contribution in [0, 0.1) is 0 Å². The van der Waals surface area contributed by atoms with E-state index in [-0.39, 0.29) is 12.7 Å². The predicted molar refractivity (Wildman–Crippen MR) is 82.6 cm³/mol. The van der Waals surface area contributed by atoms with E-state index in [4.69, 9.17) is 33.5 Å². The highest BCUT2D eigenvalue weighted by Gasteiger charge is 2.24. The van der Waals surface area contributed by atoms with Crippen LogP contribution in [0.2, 0.25) is 0 Å². The molecule has 0 amide bonds. The largest absolute Gasteiger partial charge is 0.396 e. The molecule has 23 heavy (non-hydrogen) atoms. The minimum Gasteiger partial charge on any atom is -0.396 e. The maximum atomic E-state index is 8.41. The number of hydrogen-bond donors (Lipinski definition) is 1. The lowest BCUT2D eigenvalue weighted by Gasteiger charge is -2.11. The van der Waals surface area contributed by atoms with E-state index in [1.54, 1.807) is 0 Å². The lowest BCUT2D eigenvalue weighted by Crippen LogP contribution is -2.19. The van der Waals surface area contributed by atoms with Gasteiger partial charge in [-0.1, -0.05) is 0 Å². The summed E-state index contributed by atoms with van der Waals surface area (Å²) in [4.78, 5) is 0. The van der Waals surface area contributed by atoms with Crippen LogP contribution < -0.4 is 0 Å². The molecule has 0 bridgehead atoms. The molecule has 0 spiro atoms. The van der Waals surface area contributed by atoms with Gasteiger partial charge in [-0.15, -0.1) is 0 Å². The first-order valence-corrected chi connectivity index (χ1v) is 8.50. The van der Waals surface area contributed by atoms with E-state index >= 15 is 0 Å². The molecule has 7 heteroatoms. The molecule has 0 aromatic carbocycles. The van der Waals surface area contributed by atoms with Crippen LogP contribution in [0.1, 0.15) is 19.8 Å². The molecule has 0 radical (unpaired) electrons. The fourth-order valence-corrected chi connectivity index (χ4v) is 1.71. The van der Waals surface area contributed by atoms with Gasteiger partial charge in [-0.3, -0.25) is 0 Å². The number of rotatable bonds is 13. The summed E-state index contributed by atoms with van der Waals surface area (Å²) in [5.41, 5.74) is 0. The maximum Gasteiger partial charge on any atom is 0.104 e. The smallest absolute Gasteiger partial charge is 0.104 e. The standard InChI is InChI=1S/C9H16O4.C7H14O3/c1-7(11-4-9-6-13-9)2-10-3-8-5-12-8;8-3-1-2-4-9-5-7-6-10-7/h7-9H,2-6H2,1H3;7-8H,1-6H2. The number of epoxide rings is 3. The van der Waals surface area contributed by atoms with Crippen molar-refractivity contribution < 1.29 is 33.5 Å². The highest BCUT2D eigenvalue weighted by Crippen LogP contribution is 2.11. The molecule has 3 aliphatic heterocycles. The van der Waals surface area contributed by atoms with E-state index in [0.29, 0.717) is 38.1 Å². The van der Waals surface area contributed by atoms with Gasteiger partial charge < -0.3 is 33.5 Å². The Morgan fingerprint density at radius 1 is 0.913 bits per heavy atom. The summed E-state index contributed by atoms with van der Waals surface area (Å²) < 4.78 is 31.1. The zero-order valence-corrected chi connectivity index (χ0v) is 14.0. The van der Waals surface area contributed by atoms with E-state index in [2.05, 4.69) is 0 Å². The van der Waals surface area contributed by atoms with Crippen LogP contribution in [-0.2, 0) is 28.4 Å².